The SMILES string of the molecule is BrC(c1ccccc1)c1ccc(C=Cc2ccc(C(Br)c3ccccc3)cc2)cc1. The summed E-state index contributed by atoms with van der Waals surface area (Å²) in [5.74, 6) is 0. The molecule has 148 valence electrons. The predicted molar refractivity (Wildman–Crippen MR) is 136 cm³/mol. The molecule has 0 saturated heterocycles. The molecule has 0 saturated carbocycles. The first-order valence-corrected chi connectivity index (χ1v) is 11.8. The Hall–Kier alpha value is -2.42. The lowest BCUT2D eigenvalue weighted by molar-refractivity contribution is 1.18. The first-order chi connectivity index (χ1) is 14.7. The van der Waals surface area contributed by atoms with Crippen LogP contribution in [-0.2, 0) is 0 Å². The van der Waals surface area contributed by atoms with Crippen molar-refractivity contribution in [3.8, 4) is 0 Å². The molecule has 4 rings (SSSR count). The number of halogens is 2. The van der Waals surface area contributed by atoms with E-state index in [0.717, 1.165) is 0 Å². The zero-order valence-corrected chi connectivity index (χ0v) is 19.6. The van der Waals surface area contributed by atoms with Crippen LogP contribution in [0.1, 0.15) is 43.0 Å². The van der Waals surface area contributed by atoms with Gasteiger partial charge in [0.25, 0.3) is 0 Å². The van der Waals surface area contributed by atoms with Gasteiger partial charge in [-0.3, -0.25) is 0 Å². The molecule has 2 atom stereocenters. The Kier molecular flexibility index (Phi) is 6.99. The fourth-order valence-electron chi connectivity index (χ4n) is 3.37. The van der Waals surface area contributed by atoms with Crippen LogP contribution in [0.4, 0.5) is 0 Å². The van der Waals surface area contributed by atoms with E-state index in [2.05, 4.69) is 141 Å². The molecule has 0 nitrogen and oxygen atoms in total. The minimum absolute atomic E-state index is 0.214. The Balaban J connectivity index is 1.42. The molecular weight excluding hydrogens is 496 g/mol. The van der Waals surface area contributed by atoms with Crippen molar-refractivity contribution in [1.82, 2.24) is 0 Å². The third kappa shape index (κ3) is 5.19. The minimum atomic E-state index is 0.214. The van der Waals surface area contributed by atoms with Crippen molar-refractivity contribution in [2.75, 3.05) is 0 Å². The Bertz CT molecular complexity index is 992. The van der Waals surface area contributed by atoms with E-state index in [-0.39, 0.29) is 9.65 Å². The molecule has 0 aliphatic heterocycles. The summed E-state index contributed by atoms with van der Waals surface area (Å²) in [6.07, 6.45) is 4.32. The summed E-state index contributed by atoms with van der Waals surface area (Å²) in [7, 11) is 0. The van der Waals surface area contributed by atoms with E-state index in [1.54, 1.807) is 0 Å². The molecule has 2 unspecified atom stereocenters. The molecule has 0 radical (unpaired) electrons. The summed E-state index contributed by atoms with van der Waals surface area (Å²) < 4.78 is 0. The average molecular weight is 518 g/mol. The molecule has 4 aromatic rings. The first-order valence-electron chi connectivity index (χ1n) is 9.97. The van der Waals surface area contributed by atoms with Gasteiger partial charge in [0.15, 0.2) is 0 Å². The van der Waals surface area contributed by atoms with Gasteiger partial charge in [-0.15, -0.1) is 0 Å². The van der Waals surface area contributed by atoms with Gasteiger partial charge < -0.3 is 0 Å². The van der Waals surface area contributed by atoms with Gasteiger partial charge in [-0.2, -0.15) is 0 Å². The molecule has 30 heavy (non-hydrogen) atoms. The van der Waals surface area contributed by atoms with Gasteiger partial charge in [-0.05, 0) is 33.4 Å². The number of hydrogen-bond acceptors (Lipinski definition) is 0. The highest BCUT2D eigenvalue weighted by molar-refractivity contribution is 9.09. The quantitative estimate of drug-likeness (QED) is 0.177. The number of benzene rings is 4. The summed E-state index contributed by atoms with van der Waals surface area (Å²) in [5, 5.41) is 0. The van der Waals surface area contributed by atoms with E-state index in [1.165, 1.54) is 33.4 Å². The standard InChI is InChI=1S/C28H22Br2/c29-27(23-7-3-1-4-8-23)25-17-13-21(14-18-25)11-12-22-15-19-26(20-16-22)28(30)24-9-5-2-6-10-24/h1-20,27-28H. The van der Waals surface area contributed by atoms with Gasteiger partial charge in [0, 0.05) is 0 Å². The molecule has 0 fully saturated rings. The molecule has 0 spiro atoms. The molecule has 4 aromatic carbocycles. The Morgan fingerprint density at radius 3 is 1.03 bits per heavy atom. The number of hydrogen-bond donors (Lipinski definition) is 0. The van der Waals surface area contributed by atoms with Gasteiger partial charge in [-0.1, -0.05) is 153 Å². The van der Waals surface area contributed by atoms with Gasteiger partial charge in [-0.25, -0.2) is 0 Å². The third-order valence-electron chi connectivity index (χ3n) is 5.11. The zero-order valence-electron chi connectivity index (χ0n) is 16.5. The van der Waals surface area contributed by atoms with Crippen molar-refractivity contribution in [3.63, 3.8) is 0 Å². The highest BCUT2D eigenvalue weighted by atomic mass is 79.9. The van der Waals surface area contributed by atoms with Crippen molar-refractivity contribution in [2.45, 2.75) is 9.65 Å². The van der Waals surface area contributed by atoms with Crippen LogP contribution in [0.2, 0.25) is 0 Å². The summed E-state index contributed by atoms with van der Waals surface area (Å²) in [6.45, 7) is 0. The van der Waals surface area contributed by atoms with Crippen LogP contribution in [0.3, 0.4) is 0 Å². The second-order valence-corrected chi connectivity index (χ2v) is 9.04. The lowest BCUT2D eigenvalue weighted by atomic mass is 10.0. The van der Waals surface area contributed by atoms with Crippen molar-refractivity contribution < 1.29 is 0 Å². The molecular formula is C28H22Br2. The largest absolute Gasteiger partial charge is 0.0786 e. The summed E-state index contributed by atoms with van der Waals surface area (Å²) >= 11 is 7.62. The third-order valence-corrected chi connectivity index (χ3v) is 7.23. The number of rotatable bonds is 6. The van der Waals surface area contributed by atoms with E-state index in [1.807, 2.05) is 12.1 Å². The van der Waals surface area contributed by atoms with Crippen LogP contribution >= 0.6 is 31.9 Å². The molecule has 0 aromatic heterocycles. The van der Waals surface area contributed by atoms with E-state index < -0.39 is 0 Å². The molecule has 0 heterocycles. The van der Waals surface area contributed by atoms with Crippen LogP contribution < -0.4 is 0 Å². The highest BCUT2D eigenvalue weighted by Gasteiger charge is 2.10. The Morgan fingerprint density at radius 1 is 0.400 bits per heavy atom. The molecule has 0 amide bonds. The van der Waals surface area contributed by atoms with Crippen molar-refractivity contribution in [3.05, 3.63) is 143 Å². The van der Waals surface area contributed by atoms with E-state index >= 15 is 0 Å². The Labute approximate surface area is 195 Å². The smallest absolute Gasteiger partial charge is 0.0644 e. The molecule has 0 bridgehead atoms. The minimum Gasteiger partial charge on any atom is -0.0786 e. The van der Waals surface area contributed by atoms with Gasteiger partial charge in [0.1, 0.15) is 0 Å². The zero-order chi connectivity index (χ0) is 20.8. The topological polar surface area (TPSA) is 0 Å². The van der Waals surface area contributed by atoms with Crippen LogP contribution in [0, 0.1) is 0 Å². The average Bonchev–Trinajstić information content (AvgIpc) is 2.83. The predicted octanol–water partition coefficient (Wildman–Crippen LogP) is 8.83. The van der Waals surface area contributed by atoms with Crippen LogP contribution in [0.25, 0.3) is 12.2 Å². The second-order valence-electron chi connectivity index (χ2n) is 7.21. The monoisotopic (exact) mass is 516 g/mol. The van der Waals surface area contributed by atoms with Crippen LogP contribution in [0.15, 0.2) is 109 Å². The maximum atomic E-state index is 3.81. The Morgan fingerprint density at radius 2 is 0.700 bits per heavy atom. The van der Waals surface area contributed by atoms with Gasteiger partial charge in [0.2, 0.25) is 0 Å². The van der Waals surface area contributed by atoms with E-state index in [9.17, 15) is 0 Å². The van der Waals surface area contributed by atoms with Gasteiger partial charge in [0.05, 0.1) is 9.65 Å². The highest BCUT2D eigenvalue weighted by Crippen LogP contribution is 2.32. The summed E-state index contributed by atoms with van der Waals surface area (Å²) in [4.78, 5) is 0.428. The number of alkyl halides is 2. The fraction of sp³-hybridized carbons (Fsp3) is 0.0714. The molecule has 0 N–H and O–H groups in total. The maximum Gasteiger partial charge on any atom is 0.0644 e. The summed E-state index contributed by atoms with van der Waals surface area (Å²) in [6, 6.07) is 38.4. The first kappa shape index (κ1) is 20.8. The van der Waals surface area contributed by atoms with E-state index in [0.29, 0.717) is 0 Å². The molecule has 0 aliphatic rings. The maximum absolute atomic E-state index is 3.81. The van der Waals surface area contributed by atoms with Crippen LogP contribution in [-0.4, -0.2) is 0 Å². The van der Waals surface area contributed by atoms with E-state index in [4.69, 9.17) is 0 Å². The lowest BCUT2D eigenvalue weighted by Crippen LogP contribution is -1.92. The van der Waals surface area contributed by atoms with Gasteiger partial charge >= 0.3 is 0 Å². The van der Waals surface area contributed by atoms with Crippen molar-refractivity contribution in [2.24, 2.45) is 0 Å². The molecule has 0 aliphatic carbocycles. The molecule has 2 heteroatoms. The lowest BCUT2D eigenvalue weighted by Gasteiger charge is -2.11. The van der Waals surface area contributed by atoms with Crippen molar-refractivity contribution in [1.29, 1.82) is 0 Å². The van der Waals surface area contributed by atoms with Crippen LogP contribution in [0.5, 0.6) is 0 Å². The fourth-order valence-corrected chi connectivity index (χ4v) is 4.59. The second kappa shape index (κ2) is 10.1. The summed E-state index contributed by atoms with van der Waals surface area (Å²) in [5.41, 5.74) is 7.43. The normalized spacial score (nSPS) is 13.3. The van der Waals surface area contributed by atoms with Crippen molar-refractivity contribution >= 4 is 44.0 Å².